The van der Waals surface area contributed by atoms with Gasteiger partial charge in [0.15, 0.2) is 5.79 Å². The summed E-state index contributed by atoms with van der Waals surface area (Å²) < 4.78 is 28.1. The largest absolute Gasteiger partial charge is 0.349 e. The van der Waals surface area contributed by atoms with E-state index in [2.05, 4.69) is 29.3 Å². The summed E-state index contributed by atoms with van der Waals surface area (Å²) >= 11 is 0. The molecule has 3 aromatic rings. The summed E-state index contributed by atoms with van der Waals surface area (Å²) in [5.41, 5.74) is 7.56. The number of nitrogens with one attached hydrogen (secondary N) is 1. The first-order valence-corrected chi connectivity index (χ1v) is 12.5. The Kier molecular flexibility index (Phi) is 5.62. The van der Waals surface area contributed by atoms with Crippen LogP contribution in [0.5, 0.6) is 0 Å². The highest BCUT2D eigenvalue weighted by Gasteiger charge is 2.44. The van der Waals surface area contributed by atoms with Crippen molar-refractivity contribution in [1.82, 2.24) is 19.8 Å². The van der Waals surface area contributed by atoms with Crippen molar-refractivity contribution in [3.8, 4) is 22.4 Å². The molecule has 0 radical (unpaired) electrons. The molecule has 1 saturated heterocycles. The minimum absolute atomic E-state index is 0.0838. The molecule has 1 aliphatic carbocycles. The molecule has 2 fully saturated rings. The lowest BCUT2D eigenvalue weighted by molar-refractivity contribution is -0.312. The lowest BCUT2D eigenvalue weighted by atomic mass is 9.86. The molecule has 0 unspecified atom stereocenters. The molecule has 1 N–H and O–H groups in total. The molecule has 2 aromatic heterocycles. The summed E-state index contributed by atoms with van der Waals surface area (Å²) in [6, 6.07) is 10.9. The average molecular weight is 478 g/mol. The molecule has 1 spiro atoms. The van der Waals surface area contributed by atoms with Gasteiger partial charge < -0.3 is 14.9 Å². The van der Waals surface area contributed by atoms with Crippen LogP contribution in [-0.2, 0) is 16.0 Å². The highest BCUT2D eigenvalue weighted by molar-refractivity contribution is 5.88. The van der Waals surface area contributed by atoms with Gasteiger partial charge in [-0.3, -0.25) is 4.98 Å². The monoisotopic (exact) mass is 477 g/mol. The minimum Gasteiger partial charge on any atom is -0.349 e. The van der Waals surface area contributed by atoms with Crippen molar-refractivity contribution >= 4 is 5.82 Å². The van der Waals surface area contributed by atoms with E-state index < -0.39 is 5.79 Å². The maximum atomic E-state index is 13.6. The Morgan fingerprint density at radius 1 is 0.943 bits per heavy atom. The van der Waals surface area contributed by atoms with Gasteiger partial charge in [0, 0.05) is 48.8 Å². The summed E-state index contributed by atoms with van der Waals surface area (Å²) in [4.78, 5) is 4.19. The molecule has 184 valence electrons. The van der Waals surface area contributed by atoms with E-state index in [1.165, 1.54) is 12.1 Å². The first-order valence-electron chi connectivity index (χ1n) is 12.5. The lowest BCUT2D eigenvalue weighted by Crippen LogP contribution is -2.53. The van der Waals surface area contributed by atoms with Crippen LogP contribution in [0, 0.1) is 11.2 Å². The lowest BCUT2D eigenvalue weighted by Gasteiger charge is -2.48. The number of nitrogens with zero attached hydrogens (tertiary/aromatic N) is 4. The van der Waals surface area contributed by atoms with Crippen LogP contribution < -0.4 is 5.43 Å². The maximum Gasteiger partial charge on any atom is 0.168 e. The van der Waals surface area contributed by atoms with Crippen molar-refractivity contribution in [2.45, 2.75) is 57.9 Å². The summed E-state index contributed by atoms with van der Waals surface area (Å²) in [5, 5.41) is 7.29. The van der Waals surface area contributed by atoms with Gasteiger partial charge in [-0.1, -0.05) is 13.8 Å². The van der Waals surface area contributed by atoms with E-state index in [-0.39, 0.29) is 11.2 Å². The Balaban J connectivity index is 1.25. The van der Waals surface area contributed by atoms with Crippen LogP contribution in [0.1, 0.15) is 39.5 Å². The zero-order valence-corrected chi connectivity index (χ0v) is 20.3. The van der Waals surface area contributed by atoms with E-state index in [0.717, 1.165) is 80.2 Å². The van der Waals surface area contributed by atoms with Gasteiger partial charge in [0.25, 0.3) is 0 Å². The molecular formula is C27H32FN5O2. The Morgan fingerprint density at radius 2 is 1.63 bits per heavy atom. The van der Waals surface area contributed by atoms with Crippen molar-refractivity contribution in [2.24, 2.45) is 5.41 Å². The van der Waals surface area contributed by atoms with Crippen LogP contribution in [0.15, 0.2) is 48.8 Å². The quantitative estimate of drug-likeness (QED) is 0.566. The van der Waals surface area contributed by atoms with Gasteiger partial charge in [-0.25, -0.2) is 14.1 Å². The van der Waals surface area contributed by atoms with E-state index in [4.69, 9.17) is 14.6 Å². The molecule has 0 bridgehead atoms. The highest BCUT2D eigenvalue weighted by atomic mass is 19.1. The molecule has 1 saturated carbocycles. The number of pyridine rings is 1. The molecule has 4 heterocycles. The third kappa shape index (κ3) is 4.35. The number of aromatic nitrogens is 3. The first-order chi connectivity index (χ1) is 16.9. The number of halogens is 1. The van der Waals surface area contributed by atoms with Gasteiger partial charge in [0.05, 0.1) is 25.3 Å². The van der Waals surface area contributed by atoms with Crippen molar-refractivity contribution < 1.29 is 13.9 Å². The number of benzene rings is 1. The number of hydrazine groups is 1. The van der Waals surface area contributed by atoms with Gasteiger partial charge in [0.1, 0.15) is 17.3 Å². The Bertz CT molecular complexity index is 1170. The fourth-order valence-corrected chi connectivity index (χ4v) is 5.39. The molecular weight excluding hydrogens is 445 g/mol. The second kappa shape index (κ2) is 8.69. The molecule has 2 aliphatic heterocycles. The molecule has 6 rings (SSSR count). The summed E-state index contributed by atoms with van der Waals surface area (Å²) in [7, 11) is 0. The Hall–Kier alpha value is -2.81. The van der Waals surface area contributed by atoms with Gasteiger partial charge in [-0.15, -0.1) is 0 Å². The fourth-order valence-electron chi connectivity index (χ4n) is 5.39. The maximum absolute atomic E-state index is 13.6. The number of rotatable bonds is 3. The molecule has 1 aromatic carbocycles. The van der Waals surface area contributed by atoms with Crippen LogP contribution in [0.4, 0.5) is 10.2 Å². The van der Waals surface area contributed by atoms with Crippen molar-refractivity contribution in [1.29, 1.82) is 0 Å². The molecule has 0 atom stereocenters. The minimum atomic E-state index is -0.415. The summed E-state index contributed by atoms with van der Waals surface area (Å²) in [5.74, 6) is 0.299. The van der Waals surface area contributed by atoms with Gasteiger partial charge in [-0.2, -0.15) is 5.10 Å². The predicted molar refractivity (Wildman–Crippen MR) is 132 cm³/mol. The van der Waals surface area contributed by atoms with Crippen molar-refractivity contribution in [2.75, 3.05) is 25.2 Å². The van der Waals surface area contributed by atoms with Gasteiger partial charge >= 0.3 is 0 Å². The molecule has 7 nitrogen and oxygen atoms in total. The van der Waals surface area contributed by atoms with Crippen LogP contribution in [-0.4, -0.2) is 51.4 Å². The smallest absolute Gasteiger partial charge is 0.168 e. The van der Waals surface area contributed by atoms with Gasteiger partial charge in [0.2, 0.25) is 0 Å². The van der Waals surface area contributed by atoms with Crippen LogP contribution >= 0.6 is 0 Å². The predicted octanol–water partition coefficient (Wildman–Crippen LogP) is 5.11. The Morgan fingerprint density at radius 3 is 2.31 bits per heavy atom. The fraction of sp³-hybridized carbons (Fsp3) is 0.481. The number of fused-ring (bicyclic) bond motifs is 1. The van der Waals surface area contributed by atoms with Crippen molar-refractivity contribution in [3.63, 3.8) is 0 Å². The van der Waals surface area contributed by atoms with E-state index >= 15 is 0 Å². The molecule has 3 aliphatic rings. The SMILES string of the molecule is CC1(C)COC2(CCC(N3CCn4nc(-c5ccc(F)cc5)c(-c5ccncc5)c4N3)CC2)OC1. The molecule has 0 amide bonds. The highest BCUT2D eigenvalue weighted by Crippen LogP contribution is 2.43. The second-order valence-corrected chi connectivity index (χ2v) is 10.7. The van der Waals surface area contributed by atoms with E-state index in [9.17, 15) is 4.39 Å². The summed E-state index contributed by atoms with van der Waals surface area (Å²) in [6.07, 6.45) is 7.42. The third-order valence-corrected chi connectivity index (χ3v) is 7.45. The molecule has 35 heavy (non-hydrogen) atoms. The second-order valence-electron chi connectivity index (χ2n) is 10.7. The normalized spacial score (nSPS) is 22.0. The average Bonchev–Trinajstić information content (AvgIpc) is 3.26. The van der Waals surface area contributed by atoms with E-state index in [0.29, 0.717) is 6.04 Å². The number of anilines is 1. The van der Waals surface area contributed by atoms with Crippen LogP contribution in [0.2, 0.25) is 0 Å². The van der Waals surface area contributed by atoms with E-state index in [1.807, 2.05) is 16.8 Å². The Labute approximate surface area is 205 Å². The van der Waals surface area contributed by atoms with Crippen LogP contribution in [0.25, 0.3) is 22.4 Å². The van der Waals surface area contributed by atoms with Crippen molar-refractivity contribution in [3.05, 3.63) is 54.6 Å². The number of ether oxygens (including phenoxy) is 2. The summed E-state index contributed by atoms with van der Waals surface area (Å²) in [6.45, 7) is 7.52. The van der Waals surface area contributed by atoms with Gasteiger partial charge in [-0.05, 0) is 54.8 Å². The zero-order valence-electron chi connectivity index (χ0n) is 20.3. The first kappa shape index (κ1) is 22.6. The zero-order chi connectivity index (χ0) is 24.0. The molecule has 8 heteroatoms. The number of hydrogen-bond donors (Lipinski definition) is 1. The third-order valence-electron chi connectivity index (χ3n) is 7.45. The van der Waals surface area contributed by atoms with Crippen LogP contribution in [0.3, 0.4) is 0 Å². The van der Waals surface area contributed by atoms with E-state index in [1.54, 1.807) is 24.5 Å². The topological polar surface area (TPSA) is 64.4 Å². The number of hydrogen-bond acceptors (Lipinski definition) is 6. The standard InChI is InChI=1S/C27H32FN5O2/c1-26(2)17-34-27(35-18-26)11-7-22(8-12-27)32-15-16-33-25(31-32)23(19-9-13-29-14-10-19)24(30-33)20-3-5-21(28)6-4-20/h3-6,9-10,13-14,22,31H,7-8,11-12,15-18H2,1-2H3.